The van der Waals surface area contributed by atoms with Gasteiger partial charge in [0, 0.05) is 5.02 Å². The first-order valence-electron chi connectivity index (χ1n) is 10.7. The predicted octanol–water partition coefficient (Wildman–Crippen LogP) is 4.11. The lowest BCUT2D eigenvalue weighted by Gasteiger charge is -2.27. The van der Waals surface area contributed by atoms with Gasteiger partial charge in [-0.05, 0) is 55.8 Å². The van der Waals surface area contributed by atoms with E-state index in [9.17, 15) is 13.2 Å². The first-order valence-corrected chi connectivity index (χ1v) is 12.6. The van der Waals surface area contributed by atoms with Crippen LogP contribution in [0.5, 0.6) is 11.5 Å². The molecule has 1 N–H and O–H groups in total. The predicted molar refractivity (Wildman–Crippen MR) is 131 cm³/mol. The van der Waals surface area contributed by atoms with Crippen LogP contribution in [0.15, 0.2) is 71.6 Å². The maximum atomic E-state index is 13.5. The fourth-order valence-electron chi connectivity index (χ4n) is 3.47. The number of benzene rings is 3. The molecule has 9 heteroatoms. The molecule has 3 aromatic carbocycles. The fraction of sp³-hybridized carbons (Fsp3) is 0.240. The van der Waals surface area contributed by atoms with Crippen molar-refractivity contribution in [3.8, 4) is 11.5 Å². The number of carbonyl (C=O) groups excluding carboxylic acids is 1. The molecule has 178 valence electrons. The first kappa shape index (κ1) is 23.9. The average Bonchev–Trinajstić information content (AvgIpc) is 2.83. The number of halogens is 1. The molecule has 0 saturated heterocycles. The SMILES string of the molecule is Cc1ccc(S(=O)(=O)N(CC(=O)NCC2COc3ccccc3O2)c2ccc(C)c(Cl)c2)cc1. The van der Waals surface area contributed by atoms with Crippen LogP contribution in [0, 0.1) is 13.8 Å². The van der Waals surface area contributed by atoms with Gasteiger partial charge in [0.1, 0.15) is 19.3 Å². The molecule has 1 aliphatic heterocycles. The summed E-state index contributed by atoms with van der Waals surface area (Å²) in [5.74, 6) is 0.775. The summed E-state index contributed by atoms with van der Waals surface area (Å²) in [5, 5.41) is 3.17. The Bertz CT molecular complexity index is 1290. The maximum Gasteiger partial charge on any atom is 0.264 e. The third kappa shape index (κ3) is 5.29. The monoisotopic (exact) mass is 500 g/mol. The van der Waals surface area contributed by atoms with E-state index in [1.807, 2.05) is 32.0 Å². The Morgan fingerprint density at radius 2 is 1.76 bits per heavy atom. The third-order valence-electron chi connectivity index (χ3n) is 5.43. The normalized spacial score (nSPS) is 15.0. The summed E-state index contributed by atoms with van der Waals surface area (Å²) in [6, 6.07) is 18.7. The Balaban J connectivity index is 1.52. The zero-order chi connectivity index (χ0) is 24.3. The summed E-state index contributed by atoms with van der Waals surface area (Å²) >= 11 is 6.26. The highest BCUT2D eigenvalue weighted by molar-refractivity contribution is 7.92. The van der Waals surface area contributed by atoms with E-state index >= 15 is 0 Å². The van der Waals surface area contributed by atoms with Gasteiger partial charge in [-0.3, -0.25) is 9.10 Å². The number of aryl methyl sites for hydroxylation is 2. The molecule has 1 atom stereocenters. The number of nitrogens with one attached hydrogen (secondary N) is 1. The highest BCUT2D eigenvalue weighted by Gasteiger charge is 2.28. The third-order valence-corrected chi connectivity index (χ3v) is 7.63. The molecule has 0 bridgehead atoms. The standard InChI is InChI=1S/C25H25ClN2O5S/c1-17-7-11-21(12-8-17)34(30,31)28(19-10-9-18(2)22(26)13-19)15-25(29)27-14-20-16-32-23-5-3-4-6-24(23)33-20/h3-13,20H,14-16H2,1-2H3,(H,27,29). The van der Waals surface area contributed by atoms with Crippen LogP contribution in [0.2, 0.25) is 5.02 Å². The Kier molecular flexibility index (Phi) is 7.00. The van der Waals surface area contributed by atoms with Crippen LogP contribution in [-0.4, -0.2) is 40.1 Å². The molecular weight excluding hydrogens is 476 g/mol. The number of hydrogen-bond acceptors (Lipinski definition) is 5. The minimum Gasteiger partial charge on any atom is -0.486 e. The van der Waals surface area contributed by atoms with E-state index < -0.39 is 28.6 Å². The highest BCUT2D eigenvalue weighted by atomic mass is 35.5. The minimum absolute atomic E-state index is 0.0863. The zero-order valence-electron chi connectivity index (χ0n) is 18.8. The van der Waals surface area contributed by atoms with Crippen molar-refractivity contribution in [3.63, 3.8) is 0 Å². The molecule has 7 nitrogen and oxygen atoms in total. The van der Waals surface area contributed by atoms with Gasteiger partial charge in [-0.15, -0.1) is 0 Å². The Morgan fingerprint density at radius 1 is 1.06 bits per heavy atom. The van der Waals surface area contributed by atoms with E-state index in [0.29, 0.717) is 22.2 Å². The number of ether oxygens (including phenoxy) is 2. The summed E-state index contributed by atoms with van der Waals surface area (Å²) in [6.45, 7) is 3.72. The van der Waals surface area contributed by atoms with Crippen LogP contribution in [0.3, 0.4) is 0 Å². The Morgan fingerprint density at radius 3 is 2.47 bits per heavy atom. The fourth-order valence-corrected chi connectivity index (χ4v) is 5.05. The molecule has 3 aromatic rings. The van der Waals surface area contributed by atoms with Gasteiger partial charge in [-0.25, -0.2) is 8.42 Å². The van der Waals surface area contributed by atoms with Crippen molar-refractivity contribution in [1.82, 2.24) is 5.32 Å². The second-order valence-corrected chi connectivity index (χ2v) is 10.3. The average molecular weight is 501 g/mol. The van der Waals surface area contributed by atoms with E-state index in [1.54, 1.807) is 36.4 Å². The van der Waals surface area contributed by atoms with Crippen LogP contribution in [0.4, 0.5) is 5.69 Å². The first-order chi connectivity index (χ1) is 16.2. The van der Waals surface area contributed by atoms with E-state index in [2.05, 4.69) is 5.32 Å². The Hall–Kier alpha value is -3.23. The van der Waals surface area contributed by atoms with Gasteiger partial charge in [-0.2, -0.15) is 0 Å². The highest BCUT2D eigenvalue weighted by Crippen LogP contribution is 2.31. The molecule has 1 aliphatic rings. The Labute approximate surface area is 204 Å². The van der Waals surface area contributed by atoms with E-state index in [-0.39, 0.29) is 18.0 Å². The molecule has 0 spiro atoms. The number of nitrogens with zero attached hydrogens (tertiary/aromatic N) is 1. The van der Waals surface area contributed by atoms with Gasteiger partial charge < -0.3 is 14.8 Å². The van der Waals surface area contributed by atoms with Crippen molar-refractivity contribution in [2.75, 3.05) is 24.0 Å². The molecular formula is C25H25ClN2O5S. The number of rotatable bonds is 7. The van der Waals surface area contributed by atoms with Gasteiger partial charge in [-0.1, -0.05) is 47.5 Å². The quantitative estimate of drug-likeness (QED) is 0.527. The van der Waals surface area contributed by atoms with Crippen LogP contribution >= 0.6 is 11.6 Å². The molecule has 1 unspecified atom stereocenters. The van der Waals surface area contributed by atoms with E-state index in [1.165, 1.54) is 12.1 Å². The molecule has 0 aromatic heterocycles. The van der Waals surface area contributed by atoms with Gasteiger partial charge in [0.25, 0.3) is 10.0 Å². The summed E-state index contributed by atoms with van der Waals surface area (Å²) < 4.78 is 39.5. The van der Waals surface area contributed by atoms with Gasteiger partial charge in [0.2, 0.25) is 5.91 Å². The number of sulfonamides is 1. The number of amides is 1. The van der Waals surface area contributed by atoms with Crippen LogP contribution < -0.4 is 19.1 Å². The maximum absolute atomic E-state index is 13.5. The van der Waals surface area contributed by atoms with Gasteiger partial charge >= 0.3 is 0 Å². The summed E-state index contributed by atoms with van der Waals surface area (Å²) in [5.41, 5.74) is 2.03. The van der Waals surface area contributed by atoms with Crippen LogP contribution in [0.25, 0.3) is 0 Å². The lowest BCUT2D eigenvalue weighted by atomic mass is 10.2. The molecule has 0 fully saturated rings. The second kappa shape index (κ2) is 9.95. The van der Waals surface area contributed by atoms with Crippen molar-refractivity contribution in [1.29, 1.82) is 0 Å². The van der Waals surface area contributed by atoms with Crippen molar-refractivity contribution < 1.29 is 22.7 Å². The van der Waals surface area contributed by atoms with Crippen molar-refractivity contribution in [3.05, 3.63) is 82.9 Å². The molecule has 4 rings (SSSR count). The van der Waals surface area contributed by atoms with Crippen molar-refractivity contribution >= 4 is 33.2 Å². The smallest absolute Gasteiger partial charge is 0.264 e. The van der Waals surface area contributed by atoms with Gasteiger partial charge in [0.15, 0.2) is 11.5 Å². The lowest BCUT2D eigenvalue weighted by molar-refractivity contribution is -0.120. The number of carbonyl (C=O) groups is 1. The van der Waals surface area contributed by atoms with Crippen LogP contribution in [0.1, 0.15) is 11.1 Å². The second-order valence-electron chi connectivity index (χ2n) is 8.06. The van der Waals surface area contributed by atoms with E-state index in [0.717, 1.165) is 15.4 Å². The lowest BCUT2D eigenvalue weighted by Crippen LogP contribution is -2.45. The number of anilines is 1. The van der Waals surface area contributed by atoms with E-state index in [4.69, 9.17) is 21.1 Å². The molecule has 0 saturated carbocycles. The number of hydrogen-bond donors (Lipinski definition) is 1. The molecule has 34 heavy (non-hydrogen) atoms. The van der Waals surface area contributed by atoms with Crippen molar-refractivity contribution in [2.45, 2.75) is 24.8 Å². The minimum atomic E-state index is -4.02. The number of fused-ring (bicyclic) bond motifs is 1. The largest absolute Gasteiger partial charge is 0.486 e. The molecule has 0 aliphatic carbocycles. The molecule has 1 heterocycles. The topological polar surface area (TPSA) is 84.9 Å². The zero-order valence-corrected chi connectivity index (χ0v) is 20.4. The van der Waals surface area contributed by atoms with Gasteiger partial charge in [0.05, 0.1) is 17.1 Å². The number of para-hydroxylation sites is 2. The van der Waals surface area contributed by atoms with Crippen molar-refractivity contribution in [2.24, 2.45) is 0 Å². The summed E-state index contributed by atoms with van der Waals surface area (Å²) in [6.07, 6.45) is -0.394. The summed E-state index contributed by atoms with van der Waals surface area (Å²) in [7, 11) is -4.02. The molecule has 1 amide bonds. The molecule has 0 radical (unpaired) electrons. The van der Waals surface area contributed by atoms with Crippen LogP contribution in [-0.2, 0) is 14.8 Å². The summed E-state index contributed by atoms with van der Waals surface area (Å²) in [4.78, 5) is 12.9.